The van der Waals surface area contributed by atoms with Crippen molar-refractivity contribution in [3.8, 4) is 0 Å². The van der Waals surface area contributed by atoms with Gasteiger partial charge in [-0.2, -0.15) is 0 Å². The molecule has 0 saturated heterocycles. The van der Waals surface area contributed by atoms with E-state index >= 15 is 0 Å². The largest absolute Gasteiger partial charge is 0.284 e. The van der Waals surface area contributed by atoms with Crippen molar-refractivity contribution in [2.75, 3.05) is 0 Å². The first-order valence-corrected chi connectivity index (χ1v) is 4.31. The van der Waals surface area contributed by atoms with E-state index in [0.29, 0.717) is 0 Å². The first-order valence-electron chi connectivity index (χ1n) is 3.60. The molecule has 0 fully saturated rings. The lowest BCUT2D eigenvalue weighted by Gasteiger charge is -1.93. The van der Waals surface area contributed by atoms with Gasteiger partial charge in [0.05, 0.1) is 26.6 Å². The van der Waals surface area contributed by atoms with Gasteiger partial charge in [0.1, 0.15) is 0 Å². The molecule has 2 rings (SSSR count). The molecule has 0 aliphatic carbocycles. The second-order valence-electron chi connectivity index (χ2n) is 2.63. The quantitative estimate of drug-likeness (QED) is 0.569. The smallest absolute Gasteiger partial charge is 0.270 e. The molecule has 0 N–H and O–H groups in total. The van der Waals surface area contributed by atoms with Crippen LogP contribution in [-0.4, -0.2) is 8.52 Å². The fraction of sp³-hybridized carbons (Fsp3) is 0. The highest BCUT2D eigenvalue weighted by Crippen LogP contribution is 2.22. The van der Waals surface area contributed by atoms with Crippen molar-refractivity contribution in [3.05, 3.63) is 40.6 Å². The summed E-state index contributed by atoms with van der Waals surface area (Å²) in [6, 6.07) is 6.56. The lowest BCUT2D eigenvalue weighted by Crippen LogP contribution is -1.86. The van der Waals surface area contributed by atoms with E-state index in [4.69, 9.17) is 0 Å². The highest BCUT2D eigenvalue weighted by molar-refractivity contribution is 9.08. The van der Waals surface area contributed by atoms with Gasteiger partial charge in [-0.15, -0.1) is 0 Å². The van der Waals surface area contributed by atoms with E-state index in [0.717, 1.165) is 10.9 Å². The number of fused-ring (bicyclic) bond motifs is 1. The van der Waals surface area contributed by atoms with Crippen molar-refractivity contribution in [1.29, 1.82) is 0 Å². The van der Waals surface area contributed by atoms with Crippen LogP contribution in [0.2, 0.25) is 0 Å². The van der Waals surface area contributed by atoms with Gasteiger partial charge in [-0.25, -0.2) is 0 Å². The zero-order valence-electron chi connectivity index (χ0n) is 6.48. The molecule has 0 unspecified atom stereocenters. The van der Waals surface area contributed by atoms with Gasteiger partial charge in [0, 0.05) is 23.7 Å². The van der Waals surface area contributed by atoms with Gasteiger partial charge in [-0.05, 0) is 12.1 Å². The number of hydrogen-bond acceptors (Lipinski definition) is 2. The Morgan fingerprint density at radius 3 is 2.85 bits per heavy atom. The van der Waals surface area contributed by atoms with Crippen LogP contribution in [-0.2, 0) is 0 Å². The molecule has 1 aromatic heterocycles. The molecule has 0 atom stereocenters. The number of benzene rings is 1. The summed E-state index contributed by atoms with van der Waals surface area (Å²) < 4.78 is 1.74. The van der Waals surface area contributed by atoms with E-state index in [1.807, 2.05) is 6.07 Å². The van der Waals surface area contributed by atoms with Crippen LogP contribution in [0.1, 0.15) is 0 Å². The Hall–Kier alpha value is -1.36. The summed E-state index contributed by atoms with van der Waals surface area (Å²) in [5, 5.41) is 11.3. The molecule has 0 spiro atoms. The minimum Gasteiger partial charge on any atom is -0.284 e. The number of hydrogen-bond donors (Lipinski definition) is 0. The van der Waals surface area contributed by atoms with E-state index < -0.39 is 4.92 Å². The van der Waals surface area contributed by atoms with Crippen LogP contribution in [0.3, 0.4) is 0 Å². The van der Waals surface area contributed by atoms with Gasteiger partial charge in [0.25, 0.3) is 5.69 Å². The number of rotatable bonds is 1. The average Bonchev–Trinajstić information content (AvgIpc) is 2.47. The van der Waals surface area contributed by atoms with Gasteiger partial charge < -0.3 is 0 Å². The molecule has 0 amide bonds. The van der Waals surface area contributed by atoms with Gasteiger partial charge in [-0.1, -0.05) is 0 Å². The zero-order chi connectivity index (χ0) is 9.42. The SMILES string of the molecule is O=[N+]([O-])c1ccc2c(ccn2Br)c1. The van der Waals surface area contributed by atoms with Gasteiger partial charge in [0.2, 0.25) is 0 Å². The molecule has 0 bridgehead atoms. The molecule has 13 heavy (non-hydrogen) atoms. The van der Waals surface area contributed by atoms with Gasteiger partial charge in [0.15, 0.2) is 0 Å². The highest BCUT2D eigenvalue weighted by Gasteiger charge is 2.07. The third kappa shape index (κ3) is 1.31. The maximum absolute atomic E-state index is 10.4. The molecule has 1 heterocycles. The monoisotopic (exact) mass is 240 g/mol. The summed E-state index contributed by atoms with van der Waals surface area (Å²) in [7, 11) is 0. The van der Waals surface area contributed by atoms with Crippen LogP contribution >= 0.6 is 16.1 Å². The van der Waals surface area contributed by atoms with E-state index in [9.17, 15) is 10.1 Å². The lowest BCUT2D eigenvalue weighted by atomic mass is 10.2. The molecular formula is C8H5BrN2O2. The Morgan fingerprint density at radius 2 is 2.15 bits per heavy atom. The van der Waals surface area contributed by atoms with Crippen LogP contribution in [0.15, 0.2) is 30.5 Å². The maximum atomic E-state index is 10.4. The van der Waals surface area contributed by atoms with Crippen molar-refractivity contribution < 1.29 is 4.92 Å². The predicted molar refractivity (Wildman–Crippen MR) is 52.9 cm³/mol. The topological polar surface area (TPSA) is 48.1 Å². The van der Waals surface area contributed by atoms with Crippen LogP contribution < -0.4 is 0 Å². The van der Waals surface area contributed by atoms with E-state index in [-0.39, 0.29) is 5.69 Å². The second-order valence-corrected chi connectivity index (χ2v) is 3.39. The number of nitrogens with zero attached hydrogens (tertiary/aromatic N) is 2. The third-order valence-electron chi connectivity index (χ3n) is 1.84. The molecule has 0 aliphatic rings. The Labute approximate surface area is 82.3 Å². The second kappa shape index (κ2) is 2.85. The molecule has 0 saturated carbocycles. The normalized spacial score (nSPS) is 10.5. The minimum atomic E-state index is -0.398. The summed E-state index contributed by atoms with van der Waals surface area (Å²) in [6.45, 7) is 0. The first kappa shape index (κ1) is 8.25. The first-order chi connectivity index (χ1) is 6.18. The van der Waals surface area contributed by atoms with Crippen molar-refractivity contribution in [2.45, 2.75) is 0 Å². The molecule has 2 aromatic rings. The molecule has 66 valence electrons. The van der Waals surface area contributed by atoms with Crippen molar-refractivity contribution >= 4 is 32.7 Å². The Balaban J connectivity index is 2.70. The molecular weight excluding hydrogens is 236 g/mol. The summed E-state index contributed by atoms with van der Waals surface area (Å²) in [4.78, 5) is 10.0. The Kier molecular flexibility index (Phi) is 1.81. The van der Waals surface area contributed by atoms with Crippen LogP contribution in [0.4, 0.5) is 5.69 Å². The predicted octanol–water partition coefficient (Wildman–Crippen LogP) is 2.71. The number of nitro groups is 1. The minimum absolute atomic E-state index is 0.117. The molecule has 4 nitrogen and oxygen atoms in total. The highest BCUT2D eigenvalue weighted by atomic mass is 79.9. The lowest BCUT2D eigenvalue weighted by molar-refractivity contribution is -0.384. The van der Waals surface area contributed by atoms with Crippen LogP contribution in [0.5, 0.6) is 0 Å². The van der Waals surface area contributed by atoms with Crippen molar-refractivity contribution in [1.82, 2.24) is 3.59 Å². The van der Waals surface area contributed by atoms with Crippen LogP contribution in [0, 0.1) is 10.1 Å². The van der Waals surface area contributed by atoms with Gasteiger partial charge in [-0.3, -0.25) is 13.7 Å². The number of aromatic nitrogens is 1. The van der Waals surface area contributed by atoms with E-state index in [1.165, 1.54) is 6.07 Å². The number of non-ortho nitro benzene ring substituents is 1. The number of halogens is 1. The fourth-order valence-electron chi connectivity index (χ4n) is 1.21. The summed E-state index contributed by atoms with van der Waals surface area (Å²) >= 11 is 3.28. The Bertz CT molecular complexity index is 478. The standard InChI is InChI=1S/C8H5BrN2O2/c9-10-4-3-6-5-7(11(12)13)1-2-8(6)10/h1-5H. The maximum Gasteiger partial charge on any atom is 0.270 e. The zero-order valence-corrected chi connectivity index (χ0v) is 8.06. The molecule has 0 radical (unpaired) electrons. The van der Waals surface area contributed by atoms with E-state index in [1.54, 1.807) is 21.9 Å². The summed E-state index contributed by atoms with van der Waals surface area (Å²) in [6.07, 6.45) is 1.80. The molecule has 1 aromatic carbocycles. The fourth-order valence-corrected chi connectivity index (χ4v) is 1.65. The molecule has 5 heteroatoms. The third-order valence-corrected chi connectivity index (χ3v) is 2.46. The van der Waals surface area contributed by atoms with Crippen LogP contribution in [0.25, 0.3) is 10.9 Å². The summed E-state index contributed by atoms with van der Waals surface area (Å²) in [5.74, 6) is 0. The van der Waals surface area contributed by atoms with Crippen molar-refractivity contribution in [2.24, 2.45) is 0 Å². The molecule has 0 aliphatic heterocycles. The number of nitro benzene ring substituents is 1. The summed E-state index contributed by atoms with van der Waals surface area (Å²) in [5.41, 5.74) is 1.04. The van der Waals surface area contributed by atoms with Crippen molar-refractivity contribution in [3.63, 3.8) is 0 Å². The van der Waals surface area contributed by atoms with E-state index in [2.05, 4.69) is 16.1 Å². The Morgan fingerprint density at radius 1 is 1.38 bits per heavy atom. The van der Waals surface area contributed by atoms with Gasteiger partial charge >= 0.3 is 0 Å². The average molecular weight is 241 g/mol.